The van der Waals surface area contributed by atoms with Gasteiger partial charge in [0.25, 0.3) is 0 Å². The third-order valence-electron chi connectivity index (χ3n) is 3.79. The van der Waals surface area contributed by atoms with Gasteiger partial charge in [0.15, 0.2) is 0 Å². The van der Waals surface area contributed by atoms with E-state index in [-0.39, 0.29) is 12.4 Å². The molecule has 0 radical (unpaired) electrons. The Morgan fingerprint density at radius 1 is 1.19 bits per heavy atom. The standard InChI is InChI=1S/C17H22FNO6S/c1-9(20)23-8-13-15(24-10(2)21)14(19)16(22-3)17(25-13)26-12-6-4-11(18)5-7-12/h4-7,13-17H,8,19H2,1-3H3. The molecule has 144 valence electrons. The maximum Gasteiger partial charge on any atom is 0.303 e. The van der Waals surface area contributed by atoms with Gasteiger partial charge in [0.2, 0.25) is 0 Å². The van der Waals surface area contributed by atoms with Crippen LogP contribution >= 0.6 is 11.8 Å². The van der Waals surface area contributed by atoms with Crippen LogP contribution in [0.3, 0.4) is 0 Å². The lowest BCUT2D eigenvalue weighted by Crippen LogP contribution is -2.63. The number of halogens is 1. The lowest BCUT2D eigenvalue weighted by Gasteiger charge is -2.43. The summed E-state index contributed by atoms with van der Waals surface area (Å²) in [4.78, 5) is 23.3. The highest BCUT2D eigenvalue weighted by molar-refractivity contribution is 7.99. The van der Waals surface area contributed by atoms with Crippen molar-refractivity contribution < 1.29 is 32.9 Å². The minimum Gasteiger partial charge on any atom is -0.463 e. The molecule has 9 heteroatoms. The molecule has 0 spiro atoms. The molecule has 1 aromatic carbocycles. The zero-order valence-corrected chi connectivity index (χ0v) is 15.5. The summed E-state index contributed by atoms with van der Waals surface area (Å²) in [7, 11) is 1.48. The Kier molecular flexibility index (Phi) is 7.39. The summed E-state index contributed by atoms with van der Waals surface area (Å²) in [5.74, 6) is -1.36. The highest BCUT2D eigenvalue weighted by Gasteiger charge is 2.47. The summed E-state index contributed by atoms with van der Waals surface area (Å²) in [5, 5.41) is 0. The average molecular weight is 387 g/mol. The number of carbonyl (C=O) groups excluding carboxylic acids is 2. The van der Waals surface area contributed by atoms with E-state index in [0.717, 1.165) is 4.90 Å². The van der Waals surface area contributed by atoms with Gasteiger partial charge >= 0.3 is 11.9 Å². The fourth-order valence-electron chi connectivity index (χ4n) is 2.63. The maximum absolute atomic E-state index is 13.1. The Bertz CT molecular complexity index is 628. The van der Waals surface area contributed by atoms with Gasteiger partial charge in [0.1, 0.15) is 36.2 Å². The number of nitrogens with two attached hydrogens (primary N) is 1. The van der Waals surface area contributed by atoms with Crippen molar-refractivity contribution in [3.63, 3.8) is 0 Å². The van der Waals surface area contributed by atoms with Gasteiger partial charge < -0.3 is 24.7 Å². The molecule has 2 N–H and O–H groups in total. The number of esters is 2. The predicted octanol–water partition coefficient (Wildman–Crippen LogP) is 1.48. The summed E-state index contributed by atoms with van der Waals surface area (Å²) >= 11 is 1.29. The SMILES string of the molecule is COC1C(Sc2ccc(F)cc2)OC(COC(C)=O)C(OC(C)=O)C1N. The Morgan fingerprint density at radius 2 is 1.85 bits per heavy atom. The van der Waals surface area contributed by atoms with E-state index in [9.17, 15) is 14.0 Å². The number of hydrogen-bond donors (Lipinski definition) is 1. The van der Waals surface area contributed by atoms with Crippen LogP contribution in [-0.4, -0.2) is 55.4 Å². The van der Waals surface area contributed by atoms with Crippen LogP contribution in [0.5, 0.6) is 0 Å². The van der Waals surface area contributed by atoms with Crippen LogP contribution in [0.2, 0.25) is 0 Å². The van der Waals surface area contributed by atoms with Crippen molar-refractivity contribution in [2.24, 2.45) is 5.73 Å². The predicted molar refractivity (Wildman–Crippen MR) is 91.9 cm³/mol. The number of benzene rings is 1. The van der Waals surface area contributed by atoms with Crippen molar-refractivity contribution in [3.8, 4) is 0 Å². The van der Waals surface area contributed by atoms with Gasteiger partial charge in [0, 0.05) is 25.9 Å². The van der Waals surface area contributed by atoms with E-state index in [0.29, 0.717) is 0 Å². The Labute approximate surface area is 155 Å². The van der Waals surface area contributed by atoms with Crippen molar-refractivity contribution in [3.05, 3.63) is 30.1 Å². The third kappa shape index (κ3) is 5.41. The zero-order chi connectivity index (χ0) is 19.3. The highest BCUT2D eigenvalue weighted by Crippen LogP contribution is 2.35. The van der Waals surface area contributed by atoms with Crippen LogP contribution < -0.4 is 5.73 Å². The zero-order valence-electron chi connectivity index (χ0n) is 14.7. The molecule has 2 rings (SSSR count). The van der Waals surface area contributed by atoms with Crippen LogP contribution in [0, 0.1) is 5.82 Å². The van der Waals surface area contributed by atoms with E-state index in [1.165, 1.54) is 44.9 Å². The van der Waals surface area contributed by atoms with Gasteiger partial charge in [-0.25, -0.2) is 4.39 Å². The molecule has 0 saturated carbocycles. The second-order valence-corrected chi connectivity index (χ2v) is 6.94. The first-order chi connectivity index (χ1) is 12.3. The lowest BCUT2D eigenvalue weighted by atomic mass is 9.98. The molecule has 1 aliphatic heterocycles. The molecule has 1 saturated heterocycles. The normalized spacial score (nSPS) is 28.4. The lowest BCUT2D eigenvalue weighted by molar-refractivity contribution is -0.196. The Hall–Kier alpha value is -1.68. The monoisotopic (exact) mass is 387 g/mol. The molecule has 5 unspecified atom stereocenters. The maximum atomic E-state index is 13.1. The molecule has 1 heterocycles. The highest BCUT2D eigenvalue weighted by atomic mass is 32.2. The molecular formula is C17H22FNO6S. The summed E-state index contributed by atoms with van der Waals surface area (Å²) in [6.07, 6.45) is -2.17. The Balaban J connectivity index is 2.20. The van der Waals surface area contributed by atoms with Crippen LogP contribution in [0.15, 0.2) is 29.2 Å². The fraction of sp³-hybridized carbons (Fsp3) is 0.529. The van der Waals surface area contributed by atoms with Crippen molar-refractivity contribution in [2.45, 2.75) is 48.5 Å². The summed E-state index contributed by atoms with van der Waals surface area (Å²) in [5.41, 5.74) is 5.69. The number of rotatable bonds is 6. The first-order valence-corrected chi connectivity index (χ1v) is 8.86. The van der Waals surface area contributed by atoms with Crippen LogP contribution in [-0.2, 0) is 28.5 Å². The van der Waals surface area contributed by atoms with Crippen molar-refractivity contribution in [2.75, 3.05) is 13.7 Å². The number of methoxy groups -OCH3 is 1. The quantitative estimate of drug-likeness (QED) is 0.733. The van der Waals surface area contributed by atoms with Crippen molar-refractivity contribution in [1.82, 2.24) is 0 Å². The molecule has 26 heavy (non-hydrogen) atoms. The van der Waals surface area contributed by atoms with Gasteiger partial charge in [0.05, 0.1) is 6.04 Å². The van der Waals surface area contributed by atoms with Crippen LogP contribution in [0.4, 0.5) is 4.39 Å². The number of hydrogen-bond acceptors (Lipinski definition) is 8. The van der Waals surface area contributed by atoms with Crippen LogP contribution in [0.1, 0.15) is 13.8 Å². The minimum absolute atomic E-state index is 0.113. The third-order valence-corrected chi connectivity index (χ3v) is 4.95. The van der Waals surface area contributed by atoms with Gasteiger partial charge in [-0.3, -0.25) is 9.59 Å². The summed E-state index contributed by atoms with van der Waals surface area (Å²) in [6.45, 7) is 2.42. The smallest absolute Gasteiger partial charge is 0.303 e. The summed E-state index contributed by atoms with van der Waals surface area (Å²) < 4.78 is 34.8. The topological polar surface area (TPSA) is 97.1 Å². The number of thioether (sulfide) groups is 1. The van der Waals surface area contributed by atoms with Crippen LogP contribution in [0.25, 0.3) is 0 Å². The fourth-order valence-corrected chi connectivity index (χ4v) is 3.82. The van der Waals surface area contributed by atoms with Gasteiger partial charge in [-0.2, -0.15) is 0 Å². The molecule has 0 aromatic heterocycles. The average Bonchev–Trinajstić information content (AvgIpc) is 2.57. The Morgan fingerprint density at radius 3 is 2.38 bits per heavy atom. The minimum atomic E-state index is -0.832. The molecule has 1 aromatic rings. The first kappa shape index (κ1) is 20.6. The number of carbonyl (C=O) groups is 2. The number of ether oxygens (including phenoxy) is 4. The molecule has 0 aliphatic carbocycles. The van der Waals surface area contributed by atoms with Gasteiger partial charge in [-0.05, 0) is 24.3 Å². The molecular weight excluding hydrogens is 365 g/mol. The van der Waals surface area contributed by atoms with E-state index >= 15 is 0 Å². The molecule has 0 amide bonds. The van der Waals surface area contributed by atoms with Crippen molar-refractivity contribution in [1.29, 1.82) is 0 Å². The van der Waals surface area contributed by atoms with E-state index < -0.39 is 41.7 Å². The second kappa shape index (κ2) is 9.31. The van der Waals surface area contributed by atoms with E-state index in [2.05, 4.69) is 0 Å². The van der Waals surface area contributed by atoms with Gasteiger partial charge in [-0.15, -0.1) is 0 Å². The molecule has 0 bridgehead atoms. The van der Waals surface area contributed by atoms with E-state index in [4.69, 9.17) is 24.7 Å². The molecule has 1 fully saturated rings. The molecule has 7 nitrogen and oxygen atoms in total. The molecule has 1 aliphatic rings. The summed E-state index contributed by atoms with van der Waals surface area (Å²) in [6, 6.07) is 5.20. The van der Waals surface area contributed by atoms with E-state index in [1.807, 2.05) is 0 Å². The second-order valence-electron chi connectivity index (χ2n) is 5.77. The van der Waals surface area contributed by atoms with Gasteiger partial charge in [-0.1, -0.05) is 11.8 Å². The van der Waals surface area contributed by atoms with Crippen molar-refractivity contribution >= 4 is 23.7 Å². The first-order valence-electron chi connectivity index (χ1n) is 7.98. The molecule has 5 atom stereocenters. The van der Waals surface area contributed by atoms with E-state index in [1.54, 1.807) is 12.1 Å². The largest absolute Gasteiger partial charge is 0.463 e.